The molecule has 2 aromatic rings. The van der Waals surface area contributed by atoms with Crippen LogP contribution in [0.5, 0.6) is 0 Å². The predicted octanol–water partition coefficient (Wildman–Crippen LogP) is 2.98. The lowest BCUT2D eigenvalue weighted by atomic mass is 10.1. The Labute approximate surface area is 116 Å². The van der Waals surface area contributed by atoms with Gasteiger partial charge in [0.05, 0.1) is 12.5 Å². The van der Waals surface area contributed by atoms with E-state index in [1.54, 1.807) is 23.5 Å². The number of amides is 1. The molecule has 0 spiro atoms. The molecule has 0 aliphatic heterocycles. The zero-order chi connectivity index (χ0) is 13.7. The van der Waals surface area contributed by atoms with Crippen LogP contribution in [0.1, 0.15) is 33.8 Å². The average Bonchev–Trinajstić information content (AvgIpc) is 2.91. The highest BCUT2D eigenvalue weighted by atomic mass is 32.1. The summed E-state index contributed by atoms with van der Waals surface area (Å²) >= 11 is 1.57. The first-order chi connectivity index (χ1) is 9.19. The molecule has 1 heterocycles. The summed E-state index contributed by atoms with van der Waals surface area (Å²) in [5.74, 6) is -0.00791. The first-order valence-electron chi connectivity index (χ1n) is 6.06. The van der Waals surface area contributed by atoms with Gasteiger partial charge in [-0.3, -0.25) is 9.59 Å². The summed E-state index contributed by atoms with van der Waals surface area (Å²) < 4.78 is 0. The molecule has 0 saturated carbocycles. The Morgan fingerprint density at radius 1 is 1.37 bits per heavy atom. The van der Waals surface area contributed by atoms with Crippen LogP contribution in [0.15, 0.2) is 41.8 Å². The molecule has 19 heavy (non-hydrogen) atoms. The first-order valence-corrected chi connectivity index (χ1v) is 6.94. The molecule has 2 rings (SSSR count). The fraction of sp³-hybridized carbons (Fsp3) is 0.200. The van der Waals surface area contributed by atoms with Crippen molar-refractivity contribution in [1.82, 2.24) is 5.32 Å². The van der Waals surface area contributed by atoms with Gasteiger partial charge < -0.3 is 5.32 Å². The van der Waals surface area contributed by atoms with Crippen molar-refractivity contribution in [3.8, 4) is 0 Å². The lowest BCUT2D eigenvalue weighted by Crippen LogP contribution is -2.27. The van der Waals surface area contributed by atoms with Crippen LogP contribution in [0, 0.1) is 0 Å². The molecule has 1 atom stereocenters. The van der Waals surface area contributed by atoms with Crippen molar-refractivity contribution in [2.24, 2.45) is 0 Å². The first kappa shape index (κ1) is 13.5. The molecule has 4 heteroatoms. The van der Waals surface area contributed by atoms with Crippen LogP contribution in [0.4, 0.5) is 0 Å². The zero-order valence-corrected chi connectivity index (χ0v) is 11.4. The van der Waals surface area contributed by atoms with Crippen LogP contribution in [-0.2, 0) is 11.2 Å². The molecule has 0 bridgehead atoms. The van der Waals surface area contributed by atoms with Gasteiger partial charge in [0.2, 0.25) is 5.91 Å². The van der Waals surface area contributed by atoms with E-state index < -0.39 is 0 Å². The maximum Gasteiger partial charge on any atom is 0.225 e. The van der Waals surface area contributed by atoms with Crippen molar-refractivity contribution in [1.29, 1.82) is 0 Å². The predicted molar refractivity (Wildman–Crippen MR) is 76.4 cm³/mol. The maximum absolute atomic E-state index is 11.9. The van der Waals surface area contributed by atoms with E-state index in [-0.39, 0.29) is 11.9 Å². The minimum absolute atomic E-state index is 0.00791. The van der Waals surface area contributed by atoms with Crippen LogP contribution in [0.2, 0.25) is 0 Å². The third kappa shape index (κ3) is 3.76. The van der Waals surface area contributed by atoms with Crippen molar-refractivity contribution in [2.45, 2.75) is 19.4 Å². The van der Waals surface area contributed by atoms with Gasteiger partial charge in [0, 0.05) is 10.4 Å². The third-order valence-electron chi connectivity index (χ3n) is 2.84. The number of carbonyl (C=O) groups excluding carboxylic acids is 2. The van der Waals surface area contributed by atoms with Gasteiger partial charge in [0.15, 0.2) is 0 Å². The normalized spacial score (nSPS) is 11.8. The Balaban J connectivity index is 1.98. The highest BCUT2D eigenvalue weighted by Crippen LogP contribution is 2.14. The third-order valence-corrected chi connectivity index (χ3v) is 3.72. The van der Waals surface area contributed by atoms with Crippen LogP contribution >= 0.6 is 11.3 Å². The zero-order valence-electron chi connectivity index (χ0n) is 10.6. The Morgan fingerprint density at radius 2 is 2.21 bits per heavy atom. The molecule has 3 nitrogen and oxygen atoms in total. The number of nitrogens with one attached hydrogen (secondary N) is 1. The molecule has 0 saturated heterocycles. The number of aldehydes is 1. The molecule has 0 aliphatic carbocycles. The maximum atomic E-state index is 11.9. The Morgan fingerprint density at radius 3 is 2.89 bits per heavy atom. The second-order valence-corrected chi connectivity index (χ2v) is 5.37. The Bertz CT molecular complexity index is 563. The lowest BCUT2D eigenvalue weighted by molar-refractivity contribution is -0.121. The van der Waals surface area contributed by atoms with E-state index in [1.807, 2.05) is 36.6 Å². The van der Waals surface area contributed by atoms with Gasteiger partial charge in [-0.15, -0.1) is 11.3 Å². The Kier molecular flexibility index (Phi) is 4.47. The minimum Gasteiger partial charge on any atom is -0.349 e. The second kappa shape index (κ2) is 6.29. The molecular weight excluding hydrogens is 258 g/mol. The highest BCUT2D eigenvalue weighted by molar-refractivity contribution is 7.10. The van der Waals surface area contributed by atoms with Gasteiger partial charge in [-0.2, -0.15) is 0 Å². The molecule has 1 N–H and O–H groups in total. The summed E-state index contributed by atoms with van der Waals surface area (Å²) in [4.78, 5) is 23.7. The second-order valence-electron chi connectivity index (χ2n) is 4.33. The summed E-state index contributed by atoms with van der Waals surface area (Å²) in [5, 5.41) is 4.90. The van der Waals surface area contributed by atoms with Gasteiger partial charge >= 0.3 is 0 Å². The number of benzene rings is 1. The van der Waals surface area contributed by atoms with Gasteiger partial charge in [-0.25, -0.2) is 0 Å². The number of thiophene rings is 1. The molecule has 98 valence electrons. The van der Waals surface area contributed by atoms with Crippen molar-refractivity contribution >= 4 is 23.5 Å². The van der Waals surface area contributed by atoms with Crippen LogP contribution in [0.3, 0.4) is 0 Å². The number of rotatable bonds is 5. The molecule has 0 radical (unpaired) electrons. The van der Waals surface area contributed by atoms with E-state index in [1.165, 1.54) is 0 Å². The average molecular weight is 273 g/mol. The van der Waals surface area contributed by atoms with Crippen molar-refractivity contribution in [3.05, 3.63) is 57.8 Å². The minimum atomic E-state index is -0.104. The van der Waals surface area contributed by atoms with Gasteiger partial charge in [0.1, 0.15) is 6.29 Å². The number of carbonyl (C=O) groups is 2. The summed E-state index contributed by atoms with van der Waals surface area (Å²) in [6, 6.07) is 11.0. The summed E-state index contributed by atoms with van der Waals surface area (Å²) in [7, 11) is 0. The largest absolute Gasteiger partial charge is 0.349 e. The van der Waals surface area contributed by atoms with Crippen molar-refractivity contribution < 1.29 is 9.59 Å². The summed E-state index contributed by atoms with van der Waals surface area (Å²) in [6.07, 6.45) is 1.21. The molecule has 1 aromatic heterocycles. The lowest BCUT2D eigenvalue weighted by Gasteiger charge is -2.14. The smallest absolute Gasteiger partial charge is 0.225 e. The van der Waals surface area contributed by atoms with Gasteiger partial charge in [-0.1, -0.05) is 24.3 Å². The molecule has 1 amide bonds. The fourth-order valence-corrected chi connectivity index (χ4v) is 2.55. The van der Waals surface area contributed by atoms with Gasteiger partial charge in [-0.05, 0) is 30.0 Å². The molecule has 0 fully saturated rings. The fourth-order valence-electron chi connectivity index (χ4n) is 1.85. The quantitative estimate of drug-likeness (QED) is 0.851. The number of hydrogen-bond acceptors (Lipinski definition) is 3. The topological polar surface area (TPSA) is 46.2 Å². The van der Waals surface area contributed by atoms with E-state index in [9.17, 15) is 9.59 Å². The van der Waals surface area contributed by atoms with E-state index in [2.05, 4.69) is 5.32 Å². The standard InChI is InChI=1S/C15H15NO2S/c1-11(13-5-2-4-12(8-13)10-17)16-15(18)9-14-6-3-7-19-14/h2-8,10-11H,9H2,1H3,(H,16,18). The van der Waals surface area contributed by atoms with Crippen LogP contribution < -0.4 is 5.32 Å². The van der Waals surface area contributed by atoms with Crippen LogP contribution in [-0.4, -0.2) is 12.2 Å². The van der Waals surface area contributed by atoms with Crippen LogP contribution in [0.25, 0.3) is 0 Å². The Hall–Kier alpha value is -1.94. The van der Waals surface area contributed by atoms with Crippen molar-refractivity contribution in [3.63, 3.8) is 0 Å². The van der Waals surface area contributed by atoms with E-state index in [0.717, 1.165) is 16.7 Å². The van der Waals surface area contributed by atoms with E-state index in [4.69, 9.17) is 0 Å². The monoisotopic (exact) mass is 273 g/mol. The van der Waals surface area contributed by atoms with E-state index >= 15 is 0 Å². The summed E-state index contributed by atoms with van der Waals surface area (Å²) in [6.45, 7) is 1.91. The molecular formula is C15H15NO2S. The highest BCUT2D eigenvalue weighted by Gasteiger charge is 2.10. The molecule has 1 unspecified atom stereocenters. The summed E-state index contributed by atoms with van der Waals surface area (Å²) in [5.41, 5.74) is 1.56. The van der Waals surface area contributed by atoms with Crippen molar-refractivity contribution in [2.75, 3.05) is 0 Å². The van der Waals surface area contributed by atoms with Gasteiger partial charge in [0.25, 0.3) is 0 Å². The number of hydrogen-bond donors (Lipinski definition) is 1. The molecule has 1 aromatic carbocycles. The van der Waals surface area contributed by atoms with E-state index in [0.29, 0.717) is 12.0 Å². The SMILES string of the molecule is CC(NC(=O)Cc1cccs1)c1cccc(C=O)c1. The molecule has 0 aliphatic rings.